The summed E-state index contributed by atoms with van der Waals surface area (Å²) < 4.78 is 12.0. The van der Waals surface area contributed by atoms with Crippen molar-refractivity contribution < 1.29 is 14.6 Å². The van der Waals surface area contributed by atoms with Crippen molar-refractivity contribution in [1.82, 2.24) is 0 Å². The summed E-state index contributed by atoms with van der Waals surface area (Å²) in [5, 5.41) is 9.55. The molecule has 0 bridgehead atoms. The van der Waals surface area contributed by atoms with Crippen LogP contribution in [0.2, 0.25) is 0 Å². The van der Waals surface area contributed by atoms with Gasteiger partial charge in [0.15, 0.2) is 0 Å². The fraction of sp³-hybridized carbons (Fsp3) is 0.625. The van der Waals surface area contributed by atoms with Gasteiger partial charge in [0.05, 0.1) is 6.10 Å². The SMILES string of the molecule is CC1(C)Cc2cccc(C3OCCCC3CO)c2O1. The lowest BCUT2D eigenvalue weighted by molar-refractivity contribution is -0.0474. The zero-order chi connectivity index (χ0) is 13.5. The van der Waals surface area contributed by atoms with Gasteiger partial charge in [-0.25, -0.2) is 0 Å². The van der Waals surface area contributed by atoms with Gasteiger partial charge in [-0.3, -0.25) is 0 Å². The van der Waals surface area contributed by atoms with E-state index in [2.05, 4.69) is 32.0 Å². The van der Waals surface area contributed by atoms with Gasteiger partial charge in [-0.1, -0.05) is 18.2 Å². The molecule has 1 aromatic rings. The predicted octanol–water partition coefficient (Wildman–Crippen LogP) is 2.86. The maximum Gasteiger partial charge on any atom is 0.129 e. The Morgan fingerprint density at radius 1 is 1.37 bits per heavy atom. The van der Waals surface area contributed by atoms with Gasteiger partial charge in [-0.05, 0) is 32.3 Å². The maximum atomic E-state index is 9.55. The minimum Gasteiger partial charge on any atom is -0.487 e. The quantitative estimate of drug-likeness (QED) is 0.890. The van der Waals surface area contributed by atoms with Gasteiger partial charge in [-0.15, -0.1) is 0 Å². The van der Waals surface area contributed by atoms with E-state index in [-0.39, 0.29) is 24.2 Å². The summed E-state index contributed by atoms with van der Waals surface area (Å²) in [6, 6.07) is 6.29. The molecular weight excluding hydrogens is 240 g/mol. The number of para-hydroxylation sites is 1. The molecule has 3 rings (SSSR count). The number of fused-ring (bicyclic) bond motifs is 1. The first kappa shape index (κ1) is 12.9. The highest BCUT2D eigenvalue weighted by molar-refractivity contribution is 5.47. The van der Waals surface area contributed by atoms with Crippen molar-refractivity contribution in [2.75, 3.05) is 13.2 Å². The molecule has 0 radical (unpaired) electrons. The molecule has 0 spiro atoms. The molecular formula is C16H22O3. The second-order valence-corrected chi connectivity index (χ2v) is 6.25. The molecule has 2 aliphatic heterocycles. The highest BCUT2D eigenvalue weighted by Gasteiger charge is 2.36. The normalized spacial score (nSPS) is 28.8. The zero-order valence-electron chi connectivity index (χ0n) is 11.7. The van der Waals surface area contributed by atoms with E-state index in [4.69, 9.17) is 9.47 Å². The molecule has 0 aliphatic carbocycles. The molecule has 2 heterocycles. The smallest absolute Gasteiger partial charge is 0.129 e. The lowest BCUT2D eigenvalue weighted by Crippen LogP contribution is -2.27. The molecule has 1 N–H and O–H groups in total. The molecule has 0 amide bonds. The van der Waals surface area contributed by atoms with Crippen molar-refractivity contribution in [2.24, 2.45) is 5.92 Å². The van der Waals surface area contributed by atoms with Crippen LogP contribution in [0, 0.1) is 5.92 Å². The minimum absolute atomic E-state index is 0.0254. The molecule has 3 heteroatoms. The number of benzene rings is 1. The highest BCUT2D eigenvalue weighted by atomic mass is 16.5. The van der Waals surface area contributed by atoms with Crippen LogP contribution in [0.3, 0.4) is 0 Å². The van der Waals surface area contributed by atoms with E-state index in [1.807, 2.05) is 0 Å². The van der Waals surface area contributed by atoms with Crippen molar-refractivity contribution in [3.05, 3.63) is 29.3 Å². The zero-order valence-corrected chi connectivity index (χ0v) is 11.7. The summed E-state index contributed by atoms with van der Waals surface area (Å²) in [7, 11) is 0. The van der Waals surface area contributed by atoms with Crippen molar-refractivity contribution in [1.29, 1.82) is 0 Å². The van der Waals surface area contributed by atoms with Gasteiger partial charge < -0.3 is 14.6 Å². The van der Waals surface area contributed by atoms with Crippen LogP contribution in [0.5, 0.6) is 5.75 Å². The van der Waals surface area contributed by atoms with E-state index in [1.54, 1.807) is 0 Å². The van der Waals surface area contributed by atoms with E-state index in [9.17, 15) is 5.11 Å². The van der Waals surface area contributed by atoms with Gasteiger partial charge in [-0.2, -0.15) is 0 Å². The van der Waals surface area contributed by atoms with Crippen molar-refractivity contribution in [2.45, 2.75) is 44.8 Å². The summed E-state index contributed by atoms with van der Waals surface area (Å²) in [4.78, 5) is 0. The van der Waals surface area contributed by atoms with Crippen LogP contribution in [-0.2, 0) is 11.2 Å². The lowest BCUT2D eigenvalue weighted by Gasteiger charge is -2.32. The molecule has 19 heavy (non-hydrogen) atoms. The Kier molecular flexibility index (Phi) is 3.27. The topological polar surface area (TPSA) is 38.7 Å². The third-order valence-electron chi connectivity index (χ3n) is 4.11. The number of aliphatic hydroxyl groups is 1. The standard InChI is InChI=1S/C16H22O3/c1-16(2)9-11-5-3-7-13(15(11)19-16)14-12(10-17)6-4-8-18-14/h3,5,7,12,14,17H,4,6,8-10H2,1-2H3. The number of ether oxygens (including phenoxy) is 2. The van der Waals surface area contributed by atoms with Crippen LogP contribution >= 0.6 is 0 Å². The van der Waals surface area contributed by atoms with Crippen LogP contribution in [0.1, 0.15) is 43.9 Å². The van der Waals surface area contributed by atoms with Crippen LogP contribution < -0.4 is 4.74 Å². The summed E-state index contributed by atoms with van der Waals surface area (Å²) in [5.74, 6) is 1.17. The Labute approximate surface area is 114 Å². The lowest BCUT2D eigenvalue weighted by atomic mass is 9.88. The second kappa shape index (κ2) is 4.80. The van der Waals surface area contributed by atoms with Crippen LogP contribution in [0.25, 0.3) is 0 Å². The molecule has 3 nitrogen and oxygen atoms in total. The molecule has 104 valence electrons. The Bertz CT molecular complexity index is 467. The average molecular weight is 262 g/mol. The monoisotopic (exact) mass is 262 g/mol. The molecule has 2 unspecified atom stereocenters. The number of hydrogen-bond acceptors (Lipinski definition) is 3. The summed E-state index contributed by atoms with van der Waals surface area (Å²) >= 11 is 0. The average Bonchev–Trinajstić information content (AvgIpc) is 2.72. The van der Waals surface area contributed by atoms with E-state index in [1.165, 1.54) is 5.56 Å². The third-order valence-corrected chi connectivity index (χ3v) is 4.11. The van der Waals surface area contributed by atoms with Crippen LogP contribution in [0.15, 0.2) is 18.2 Å². The molecule has 2 atom stereocenters. The van der Waals surface area contributed by atoms with E-state index < -0.39 is 0 Å². The first-order valence-electron chi connectivity index (χ1n) is 7.14. The third kappa shape index (κ3) is 2.37. The number of aliphatic hydroxyl groups excluding tert-OH is 1. The number of hydrogen-bond donors (Lipinski definition) is 1. The van der Waals surface area contributed by atoms with Crippen LogP contribution in [-0.4, -0.2) is 23.9 Å². The predicted molar refractivity (Wildman–Crippen MR) is 73.4 cm³/mol. The molecule has 1 fully saturated rings. The fourth-order valence-electron chi connectivity index (χ4n) is 3.24. The molecule has 0 saturated carbocycles. The summed E-state index contributed by atoms with van der Waals surface area (Å²) in [5.41, 5.74) is 2.23. The molecule has 1 aromatic carbocycles. The summed E-state index contributed by atoms with van der Waals surface area (Å²) in [6.07, 6.45) is 2.96. The number of rotatable bonds is 2. The Morgan fingerprint density at radius 2 is 2.21 bits per heavy atom. The first-order valence-corrected chi connectivity index (χ1v) is 7.14. The molecule has 0 aromatic heterocycles. The first-order chi connectivity index (χ1) is 9.11. The van der Waals surface area contributed by atoms with Gasteiger partial charge in [0.1, 0.15) is 11.4 Å². The molecule has 2 aliphatic rings. The van der Waals surface area contributed by atoms with E-state index in [0.717, 1.165) is 37.2 Å². The minimum atomic E-state index is -0.137. The van der Waals surface area contributed by atoms with Crippen LogP contribution in [0.4, 0.5) is 0 Å². The van der Waals surface area contributed by atoms with Gasteiger partial charge in [0.2, 0.25) is 0 Å². The Hall–Kier alpha value is -1.06. The van der Waals surface area contributed by atoms with Gasteiger partial charge in [0.25, 0.3) is 0 Å². The van der Waals surface area contributed by atoms with Crippen molar-refractivity contribution in [3.63, 3.8) is 0 Å². The van der Waals surface area contributed by atoms with Gasteiger partial charge in [0, 0.05) is 31.1 Å². The summed E-state index contributed by atoms with van der Waals surface area (Å²) in [6.45, 7) is 5.18. The second-order valence-electron chi connectivity index (χ2n) is 6.25. The Morgan fingerprint density at radius 3 is 3.00 bits per heavy atom. The van der Waals surface area contributed by atoms with E-state index in [0.29, 0.717) is 0 Å². The van der Waals surface area contributed by atoms with Crippen molar-refractivity contribution in [3.8, 4) is 5.75 Å². The highest BCUT2D eigenvalue weighted by Crippen LogP contribution is 2.44. The maximum absolute atomic E-state index is 9.55. The Balaban J connectivity index is 1.96. The largest absolute Gasteiger partial charge is 0.487 e. The van der Waals surface area contributed by atoms with Gasteiger partial charge >= 0.3 is 0 Å². The molecule has 1 saturated heterocycles. The van der Waals surface area contributed by atoms with E-state index >= 15 is 0 Å². The van der Waals surface area contributed by atoms with Crippen molar-refractivity contribution >= 4 is 0 Å². The fourth-order valence-corrected chi connectivity index (χ4v) is 3.24.